The molecule has 5 nitrogen and oxygen atoms in total. The van der Waals surface area contributed by atoms with Crippen LogP contribution in [0.3, 0.4) is 0 Å². The Kier molecular flexibility index (Phi) is 6.44. The second kappa shape index (κ2) is 9.19. The summed E-state index contributed by atoms with van der Waals surface area (Å²) in [6.45, 7) is 4.52. The first-order chi connectivity index (χ1) is 13.1. The molecule has 0 spiro atoms. The summed E-state index contributed by atoms with van der Waals surface area (Å²) in [6, 6.07) is 14.4. The van der Waals surface area contributed by atoms with Gasteiger partial charge in [0.25, 0.3) is 5.91 Å². The average molecular weight is 382 g/mol. The van der Waals surface area contributed by atoms with Gasteiger partial charge in [-0.1, -0.05) is 6.92 Å². The van der Waals surface area contributed by atoms with E-state index in [1.165, 1.54) is 11.3 Å². The Morgan fingerprint density at radius 2 is 1.81 bits per heavy atom. The van der Waals surface area contributed by atoms with Crippen LogP contribution in [0.4, 0.5) is 5.69 Å². The maximum absolute atomic E-state index is 12.4. The van der Waals surface area contributed by atoms with Crippen molar-refractivity contribution in [2.45, 2.75) is 33.0 Å². The third kappa shape index (κ3) is 5.56. The van der Waals surface area contributed by atoms with Gasteiger partial charge in [0, 0.05) is 16.6 Å². The summed E-state index contributed by atoms with van der Waals surface area (Å²) >= 11 is 1.53. The Hall–Kier alpha value is -2.86. The molecule has 0 saturated heterocycles. The van der Waals surface area contributed by atoms with Gasteiger partial charge in [0.1, 0.15) is 18.1 Å². The molecule has 0 fully saturated rings. The van der Waals surface area contributed by atoms with Crippen molar-refractivity contribution in [2.75, 3.05) is 5.32 Å². The van der Waals surface area contributed by atoms with Gasteiger partial charge in [0.15, 0.2) is 0 Å². The topological polar surface area (TPSA) is 60.5 Å². The van der Waals surface area contributed by atoms with Crippen molar-refractivity contribution in [2.24, 2.45) is 0 Å². The molecule has 6 heteroatoms. The second-order valence-electron chi connectivity index (χ2n) is 6.11. The number of rotatable bonds is 8. The lowest BCUT2D eigenvalue weighted by atomic mass is 10.2. The summed E-state index contributed by atoms with van der Waals surface area (Å²) < 4.78 is 11.4. The minimum atomic E-state index is -0.170. The van der Waals surface area contributed by atoms with Crippen LogP contribution in [0.1, 0.15) is 36.3 Å². The van der Waals surface area contributed by atoms with Crippen molar-refractivity contribution >= 4 is 22.9 Å². The van der Waals surface area contributed by atoms with Crippen LogP contribution in [0.2, 0.25) is 0 Å². The van der Waals surface area contributed by atoms with E-state index in [-0.39, 0.29) is 12.0 Å². The van der Waals surface area contributed by atoms with Crippen LogP contribution >= 0.6 is 11.3 Å². The lowest BCUT2D eigenvalue weighted by molar-refractivity contribution is 0.102. The van der Waals surface area contributed by atoms with E-state index in [9.17, 15) is 4.79 Å². The normalized spacial score (nSPS) is 11.6. The molecule has 140 valence electrons. The first kappa shape index (κ1) is 18.9. The van der Waals surface area contributed by atoms with Crippen molar-refractivity contribution in [3.8, 4) is 11.5 Å². The fourth-order valence-corrected chi connectivity index (χ4v) is 2.85. The average Bonchev–Trinajstić information content (AvgIpc) is 3.22. The number of nitrogens with zero attached hydrogens (tertiary/aromatic N) is 1. The number of benzene rings is 2. The van der Waals surface area contributed by atoms with Gasteiger partial charge in [-0.15, -0.1) is 11.3 Å². The molecule has 2 aromatic carbocycles. The van der Waals surface area contributed by atoms with Crippen LogP contribution in [-0.2, 0) is 6.61 Å². The zero-order chi connectivity index (χ0) is 19.1. The number of amides is 1. The Morgan fingerprint density at radius 3 is 2.44 bits per heavy atom. The fraction of sp³-hybridized carbons (Fsp3) is 0.238. The Bertz CT molecular complexity index is 846. The Morgan fingerprint density at radius 1 is 1.11 bits per heavy atom. The van der Waals surface area contributed by atoms with Gasteiger partial charge in [0.2, 0.25) is 0 Å². The van der Waals surface area contributed by atoms with Crippen molar-refractivity contribution in [1.82, 2.24) is 4.98 Å². The zero-order valence-electron chi connectivity index (χ0n) is 15.3. The molecule has 1 aromatic heterocycles. The predicted molar refractivity (Wildman–Crippen MR) is 108 cm³/mol. The third-order valence-electron chi connectivity index (χ3n) is 4.01. The summed E-state index contributed by atoms with van der Waals surface area (Å²) in [5.74, 6) is 1.33. The standard InChI is InChI=1S/C21H22N2O3S/c1-3-15(2)26-20-10-6-17(7-11-20)23-21(24)16-4-8-19(9-5-16)25-12-18-13-27-14-22-18/h4-11,13-15H,3,12H2,1-2H3,(H,23,24). The van der Waals surface area contributed by atoms with Crippen LogP contribution in [0, 0.1) is 0 Å². The molecular weight excluding hydrogens is 360 g/mol. The van der Waals surface area contributed by atoms with Crippen molar-refractivity contribution in [1.29, 1.82) is 0 Å². The number of anilines is 1. The Balaban J connectivity index is 1.54. The van der Waals surface area contributed by atoms with E-state index < -0.39 is 0 Å². The lowest BCUT2D eigenvalue weighted by Crippen LogP contribution is -2.12. The quantitative estimate of drug-likeness (QED) is 0.585. The molecule has 3 rings (SSSR count). The van der Waals surface area contributed by atoms with Crippen molar-refractivity contribution < 1.29 is 14.3 Å². The van der Waals surface area contributed by atoms with Crippen molar-refractivity contribution in [3.63, 3.8) is 0 Å². The molecule has 0 aliphatic rings. The van der Waals surface area contributed by atoms with Gasteiger partial charge >= 0.3 is 0 Å². The highest BCUT2D eigenvalue weighted by atomic mass is 32.1. The highest BCUT2D eigenvalue weighted by molar-refractivity contribution is 7.07. The third-order valence-corrected chi connectivity index (χ3v) is 4.65. The molecule has 1 atom stereocenters. The van der Waals surface area contributed by atoms with Gasteiger partial charge in [-0.25, -0.2) is 4.98 Å². The minimum Gasteiger partial charge on any atom is -0.491 e. The predicted octanol–water partition coefficient (Wildman–Crippen LogP) is 5.15. The fourth-order valence-electron chi connectivity index (χ4n) is 2.30. The number of thiazole rings is 1. The number of nitrogens with one attached hydrogen (secondary N) is 1. The number of hydrogen-bond acceptors (Lipinski definition) is 5. The minimum absolute atomic E-state index is 0.168. The monoisotopic (exact) mass is 382 g/mol. The summed E-state index contributed by atoms with van der Waals surface area (Å²) in [4.78, 5) is 16.6. The first-order valence-corrected chi connectivity index (χ1v) is 9.76. The summed E-state index contributed by atoms with van der Waals surface area (Å²) in [7, 11) is 0. The van der Waals surface area contributed by atoms with E-state index in [2.05, 4.69) is 17.2 Å². The van der Waals surface area contributed by atoms with E-state index >= 15 is 0 Å². The molecule has 27 heavy (non-hydrogen) atoms. The highest BCUT2D eigenvalue weighted by Crippen LogP contribution is 2.19. The van der Waals surface area contributed by atoms with Crippen LogP contribution < -0.4 is 14.8 Å². The number of ether oxygens (including phenoxy) is 2. The van der Waals surface area contributed by atoms with E-state index in [0.717, 1.165) is 23.6 Å². The van der Waals surface area contributed by atoms with Gasteiger partial charge < -0.3 is 14.8 Å². The SMILES string of the molecule is CCC(C)Oc1ccc(NC(=O)c2ccc(OCc3cscn3)cc2)cc1. The molecular formula is C21H22N2O3S. The second-order valence-corrected chi connectivity index (χ2v) is 6.83. The maximum Gasteiger partial charge on any atom is 0.255 e. The Labute approximate surface area is 163 Å². The van der Waals surface area contributed by atoms with Crippen LogP contribution in [-0.4, -0.2) is 17.0 Å². The first-order valence-electron chi connectivity index (χ1n) is 8.82. The van der Waals surface area contributed by atoms with Gasteiger partial charge in [0.05, 0.1) is 17.3 Å². The van der Waals surface area contributed by atoms with Gasteiger partial charge in [-0.3, -0.25) is 4.79 Å². The molecule has 0 bridgehead atoms. The van der Waals surface area contributed by atoms with E-state index in [0.29, 0.717) is 17.9 Å². The molecule has 1 N–H and O–H groups in total. The number of aromatic nitrogens is 1. The molecule has 1 unspecified atom stereocenters. The summed E-state index contributed by atoms with van der Waals surface area (Å²) in [6.07, 6.45) is 1.11. The van der Waals surface area contributed by atoms with E-state index in [1.54, 1.807) is 29.8 Å². The molecule has 0 aliphatic heterocycles. The lowest BCUT2D eigenvalue weighted by Gasteiger charge is -2.13. The molecule has 0 radical (unpaired) electrons. The number of carbonyl (C=O) groups is 1. The van der Waals surface area contributed by atoms with Crippen LogP contribution in [0.25, 0.3) is 0 Å². The number of hydrogen-bond donors (Lipinski definition) is 1. The van der Waals surface area contributed by atoms with Crippen molar-refractivity contribution in [3.05, 3.63) is 70.7 Å². The van der Waals surface area contributed by atoms with Crippen LogP contribution in [0.15, 0.2) is 59.4 Å². The van der Waals surface area contributed by atoms with Crippen LogP contribution in [0.5, 0.6) is 11.5 Å². The molecule has 1 amide bonds. The summed E-state index contributed by atoms with van der Waals surface area (Å²) in [5, 5.41) is 4.83. The number of carbonyl (C=O) groups excluding carboxylic acids is 1. The maximum atomic E-state index is 12.4. The smallest absolute Gasteiger partial charge is 0.255 e. The molecule has 3 aromatic rings. The van der Waals surface area contributed by atoms with Gasteiger partial charge in [-0.05, 0) is 61.9 Å². The van der Waals surface area contributed by atoms with Gasteiger partial charge in [-0.2, -0.15) is 0 Å². The summed E-state index contributed by atoms with van der Waals surface area (Å²) in [5.41, 5.74) is 3.95. The molecule has 0 saturated carbocycles. The molecule has 1 heterocycles. The van der Waals surface area contributed by atoms with E-state index in [4.69, 9.17) is 9.47 Å². The molecule has 0 aliphatic carbocycles. The zero-order valence-corrected chi connectivity index (χ0v) is 16.2. The highest BCUT2D eigenvalue weighted by Gasteiger charge is 2.07. The largest absolute Gasteiger partial charge is 0.491 e. The van der Waals surface area contributed by atoms with E-state index in [1.807, 2.05) is 36.6 Å².